The number of hydrogen-bond donors (Lipinski definition) is 0. The van der Waals surface area contributed by atoms with Crippen LogP contribution in [0.2, 0.25) is 0 Å². The lowest BCUT2D eigenvalue weighted by Crippen LogP contribution is -2.35. The van der Waals surface area contributed by atoms with Crippen LogP contribution >= 0.6 is 7.80 Å². The van der Waals surface area contributed by atoms with E-state index in [0.29, 0.717) is 0 Å². The molecule has 1 aliphatic heterocycles. The molecule has 0 spiro atoms. The van der Waals surface area contributed by atoms with Crippen molar-refractivity contribution in [2.24, 2.45) is 0 Å². The summed E-state index contributed by atoms with van der Waals surface area (Å²) in [4.78, 5) is 0. The second kappa shape index (κ2) is 3.58. The van der Waals surface area contributed by atoms with Crippen LogP contribution in [0.3, 0.4) is 0 Å². The SMILES string of the molecule is CC1(C)c2ccccc2[PH](=O)c2ccccc21. The average molecular weight is 242 g/mol. The van der Waals surface area contributed by atoms with E-state index in [0.717, 1.165) is 10.6 Å². The summed E-state index contributed by atoms with van der Waals surface area (Å²) in [5.74, 6) is 0. The zero-order chi connectivity index (χ0) is 12.0. The van der Waals surface area contributed by atoms with Gasteiger partial charge in [-0.25, -0.2) is 0 Å². The van der Waals surface area contributed by atoms with E-state index in [-0.39, 0.29) is 5.41 Å². The second-order valence-corrected chi connectivity index (χ2v) is 6.78. The standard InChI is InChI=1S/C15H15OP/c1-15(2)11-7-3-5-9-13(11)17(16)14-10-6-4-8-12(14)15/h3-10,17H,1-2H3. The summed E-state index contributed by atoms with van der Waals surface area (Å²) in [6, 6.07) is 16.2. The van der Waals surface area contributed by atoms with Gasteiger partial charge >= 0.3 is 0 Å². The number of hydrogen-bond acceptors (Lipinski definition) is 1. The van der Waals surface area contributed by atoms with Crippen LogP contribution in [0.4, 0.5) is 0 Å². The van der Waals surface area contributed by atoms with Crippen molar-refractivity contribution in [2.75, 3.05) is 0 Å². The molecule has 0 atom stereocenters. The molecule has 2 aromatic rings. The molecule has 0 saturated heterocycles. The summed E-state index contributed by atoms with van der Waals surface area (Å²) in [5.41, 5.74) is 2.37. The number of fused-ring (bicyclic) bond motifs is 2. The molecule has 1 heterocycles. The van der Waals surface area contributed by atoms with Gasteiger partial charge in [0.25, 0.3) is 0 Å². The molecule has 2 heteroatoms. The van der Waals surface area contributed by atoms with Gasteiger partial charge in [-0.1, -0.05) is 62.4 Å². The quantitative estimate of drug-likeness (QED) is 0.649. The molecular weight excluding hydrogens is 227 g/mol. The van der Waals surface area contributed by atoms with E-state index < -0.39 is 7.80 Å². The third-order valence-electron chi connectivity index (χ3n) is 3.69. The summed E-state index contributed by atoms with van der Waals surface area (Å²) in [6.07, 6.45) is 0. The molecule has 1 nitrogen and oxygen atoms in total. The molecule has 0 amide bonds. The maximum absolute atomic E-state index is 12.6. The maximum Gasteiger partial charge on any atom is 0.132 e. The minimum absolute atomic E-state index is 0.0498. The molecule has 0 radical (unpaired) electrons. The summed E-state index contributed by atoms with van der Waals surface area (Å²) in [5, 5.41) is 2.06. The van der Waals surface area contributed by atoms with E-state index in [9.17, 15) is 4.57 Å². The predicted molar refractivity (Wildman–Crippen MR) is 73.3 cm³/mol. The lowest BCUT2D eigenvalue weighted by molar-refractivity contribution is 0.591. The van der Waals surface area contributed by atoms with Crippen LogP contribution in [-0.2, 0) is 9.98 Å². The fraction of sp³-hybridized carbons (Fsp3) is 0.200. The first kappa shape index (κ1) is 10.8. The Bertz CT molecular complexity index is 562. The van der Waals surface area contributed by atoms with Crippen LogP contribution < -0.4 is 10.6 Å². The summed E-state index contributed by atoms with van der Waals surface area (Å²) < 4.78 is 12.6. The largest absolute Gasteiger partial charge is 0.317 e. The van der Waals surface area contributed by atoms with E-state index in [4.69, 9.17) is 0 Å². The Labute approximate surface area is 102 Å². The van der Waals surface area contributed by atoms with E-state index in [1.807, 2.05) is 36.4 Å². The van der Waals surface area contributed by atoms with Crippen LogP contribution in [0.15, 0.2) is 48.5 Å². The van der Waals surface area contributed by atoms with Crippen LogP contribution in [0.5, 0.6) is 0 Å². The molecule has 0 saturated carbocycles. The molecule has 3 rings (SSSR count). The Morgan fingerprint density at radius 2 is 1.24 bits per heavy atom. The molecule has 86 valence electrons. The van der Waals surface area contributed by atoms with Gasteiger partial charge in [0.1, 0.15) is 7.80 Å². The normalized spacial score (nSPS) is 17.3. The summed E-state index contributed by atoms with van der Waals surface area (Å²) >= 11 is 0. The van der Waals surface area contributed by atoms with Gasteiger partial charge in [0.2, 0.25) is 0 Å². The number of benzene rings is 2. The van der Waals surface area contributed by atoms with Gasteiger partial charge < -0.3 is 4.57 Å². The Morgan fingerprint density at radius 1 is 0.824 bits per heavy atom. The molecule has 1 aliphatic rings. The van der Waals surface area contributed by atoms with E-state index >= 15 is 0 Å². The highest BCUT2D eigenvalue weighted by atomic mass is 31.1. The zero-order valence-electron chi connectivity index (χ0n) is 10.0. The molecule has 0 aromatic heterocycles. The highest BCUT2D eigenvalue weighted by Crippen LogP contribution is 2.40. The topological polar surface area (TPSA) is 17.1 Å². The Hall–Kier alpha value is -1.33. The van der Waals surface area contributed by atoms with Crippen molar-refractivity contribution in [2.45, 2.75) is 19.3 Å². The molecule has 0 bridgehead atoms. The van der Waals surface area contributed by atoms with Crippen molar-refractivity contribution in [3.8, 4) is 0 Å². The Morgan fingerprint density at radius 3 is 1.71 bits per heavy atom. The van der Waals surface area contributed by atoms with Gasteiger partial charge in [-0.2, -0.15) is 0 Å². The van der Waals surface area contributed by atoms with E-state index in [2.05, 4.69) is 26.0 Å². The van der Waals surface area contributed by atoms with Gasteiger partial charge in [0.05, 0.1) is 0 Å². The molecule has 0 N–H and O–H groups in total. The van der Waals surface area contributed by atoms with E-state index in [1.165, 1.54) is 11.1 Å². The third-order valence-corrected chi connectivity index (χ3v) is 5.54. The minimum atomic E-state index is -1.83. The van der Waals surface area contributed by atoms with Crippen molar-refractivity contribution in [3.05, 3.63) is 59.7 Å². The fourth-order valence-electron chi connectivity index (χ4n) is 2.74. The van der Waals surface area contributed by atoms with Crippen LogP contribution in [0.25, 0.3) is 0 Å². The smallest absolute Gasteiger partial charge is 0.132 e. The fourth-order valence-corrected chi connectivity index (χ4v) is 4.81. The second-order valence-electron chi connectivity index (χ2n) is 5.05. The lowest BCUT2D eigenvalue weighted by Gasteiger charge is -2.34. The highest BCUT2D eigenvalue weighted by molar-refractivity contribution is 7.61. The van der Waals surface area contributed by atoms with E-state index in [1.54, 1.807) is 0 Å². The highest BCUT2D eigenvalue weighted by Gasteiger charge is 2.34. The Balaban J connectivity index is 2.38. The predicted octanol–water partition coefficient (Wildman–Crippen LogP) is 2.84. The molecule has 2 aromatic carbocycles. The minimum Gasteiger partial charge on any atom is -0.317 e. The lowest BCUT2D eigenvalue weighted by atomic mass is 9.78. The Kier molecular flexibility index (Phi) is 2.27. The van der Waals surface area contributed by atoms with Crippen LogP contribution in [0.1, 0.15) is 25.0 Å². The molecular formula is C15H15OP. The molecule has 0 unspecified atom stereocenters. The molecule has 0 fully saturated rings. The zero-order valence-corrected chi connectivity index (χ0v) is 11.0. The summed E-state index contributed by atoms with van der Waals surface area (Å²) in [7, 11) is -1.83. The number of rotatable bonds is 0. The van der Waals surface area contributed by atoms with Crippen molar-refractivity contribution >= 4 is 18.4 Å². The van der Waals surface area contributed by atoms with Gasteiger partial charge in [-0.15, -0.1) is 0 Å². The first-order chi connectivity index (χ1) is 8.12. The van der Waals surface area contributed by atoms with Gasteiger partial charge in [-0.3, -0.25) is 0 Å². The maximum atomic E-state index is 12.6. The first-order valence-corrected chi connectivity index (χ1v) is 7.27. The van der Waals surface area contributed by atoms with Crippen LogP contribution in [-0.4, -0.2) is 0 Å². The monoisotopic (exact) mass is 242 g/mol. The first-order valence-electron chi connectivity index (χ1n) is 5.86. The van der Waals surface area contributed by atoms with Gasteiger partial charge in [0.15, 0.2) is 0 Å². The van der Waals surface area contributed by atoms with Crippen molar-refractivity contribution in [1.82, 2.24) is 0 Å². The van der Waals surface area contributed by atoms with Crippen LogP contribution in [0, 0.1) is 0 Å². The van der Waals surface area contributed by atoms with Crippen molar-refractivity contribution < 1.29 is 4.57 Å². The molecule has 17 heavy (non-hydrogen) atoms. The summed E-state index contributed by atoms with van der Waals surface area (Å²) in [6.45, 7) is 4.41. The third kappa shape index (κ3) is 1.42. The van der Waals surface area contributed by atoms with Gasteiger partial charge in [0, 0.05) is 16.0 Å². The van der Waals surface area contributed by atoms with Crippen molar-refractivity contribution in [1.29, 1.82) is 0 Å². The molecule has 0 aliphatic carbocycles. The van der Waals surface area contributed by atoms with Gasteiger partial charge in [-0.05, 0) is 11.1 Å². The average Bonchev–Trinajstić information content (AvgIpc) is 2.37. The van der Waals surface area contributed by atoms with Crippen molar-refractivity contribution in [3.63, 3.8) is 0 Å².